The summed E-state index contributed by atoms with van der Waals surface area (Å²) in [4.78, 5) is 0. The smallest absolute Gasteiger partial charge is 0.219 e. The summed E-state index contributed by atoms with van der Waals surface area (Å²) in [5.74, 6) is 1.70. The Morgan fingerprint density at radius 1 is 1.48 bits per heavy atom. The Morgan fingerprint density at radius 2 is 2.35 bits per heavy atom. The molecule has 0 saturated carbocycles. The minimum atomic E-state index is 0.365. The molecular formula is C15H13ClN4O2S. The maximum atomic E-state index is 6.17. The monoisotopic (exact) mass is 348 g/mol. The van der Waals surface area contributed by atoms with Gasteiger partial charge < -0.3 is 9.15 Å². The molecule has 1 aromatic carbocycles. The molecular weight excluding hydrogens is 336 g/mol. The zero-order chi connectivity index (χ0) is 16.2. The number of hydrogen-bond acceptors (Lipinski definition) is 5. The molecule has 0 atom stereocenters. The topological polar surface area (TPSA) is 68.3 Å². The Bertz CT molecular complexity index is 883. The van der Waals surface area contributed by atoms with Gasteiger partial charge in [0.25, 0.3) is 0 Å². The van der Waals surface area contributed by atoms with E-state index in [2.05, 4.69) is 15.3 Å². The van der Waals surface area contributed by atoms with Gasteiger partial charge in [-0.2, -0.15) is 9.78 Å². The third kappa shape index (κ3) is 3.35. The van der Waals surface area contributed by atoms with Gasteiger partial charge in [0.1, 0.15) is 5.75 Å². The molecule has 3 aromatic rings. The summed E-state index contributed by atoms with van der Waals surface area (Å²) < 4.78 is 12.6. The van der Waals surface area contributed by atoms with E-state index in [1.807, 2.05) is 13.0 Å². The summed E-state index contributed by atoms with van der Waals surface area (Å²) in [6.45, 7) is 2.46. The lowest BCUT2D eigenvalue weighted by Gasteiger charge is -2.05. The number of halogens is 1. The normalized spacial score (nSPS) is 11.2. The SMILES string of the molecule is CCOc1ccc(/C=N\n2c(-c3ccco3)n[nH]c2=S)cc1Cl. The van der Waals surface area contributed by atoms with Crippen molar-refractivity contribution in [3.05, 3.63) is 52.0 Å². The highest BCUT2D eigenvalue weighted by Gasteiger charge is 2.10. The molecule has 23 heavy (non-hydrogen) atoms. The fourth-order valence-electron chi connectivity index (χ4n) is 1.96. The number of nitrogens with zero attached hydrogens (tertiary/aromatic N) is 3. The Morgan fingerprint density at radius 3 is 3.04 bits per heavy atom. The summed E-state index contributed by atoms with van der Waals surface area (Å²) in [6, 6.07) is 8.98. The molecule has 0 fully saturated rings. The van der Waals surface area contributed by atoms with Crippen molar-refractivity contribution in [2.45, 2.75) is 6.92 Å². The number of aromatic amines is 1. The lowest BCUT2D eigenvalue weighted by atomic mass is 10.2. The zero-order valence-corrected chi connectivity index (χ0v) is 13.8. The van der Waals surface area contributed by atoms with Crippen LogP contribution >= 0.6 is 23.8 Å². The molecule has 0 saturated heterocycles. The molecule has 0 aliphatic rings. The second kappa shape index (κ2) is 6.80. The first-order valence-corrected chi connectivity index (χ1v) is 7.65. The number of hydrogen-bond donors (Lipinski definition) is 1. The lowest BCUT2D eigenvalue weighted by Crippen LogP contribution is -1.95. The van der Waals surface area contributed by atoms with Gasteiger partial charge in [0.2, 0.25) is 10.6 Å². The molecule has 6 nitrogen and oxygen atoms in total. The third-order valence-electron chi connectivity index (χ3n) is 2.97. The highest BCUT2D eigenvalue weighted by atomic mass is 35.5. The van der Waals surface area contributed by atoms with Gasteiger partial charge in [-0.25, -0.2) is 5.10 Å². The van der Waals surface area contributed by atoms with Crippen molar-refractivity contribution in [2.75, 3.05) is 6.61 Å². The average molecular weight is 349 g/mol. The molecule has 0 radical (unpaired) electrons. The number of aromatic nitrogens is 3. The standard InChI is InChI=1S/C15H13ClN4O2S/c1-2-21-12-6-5-10(8-11(12)16)9-17-20-14(18-19-15(20)23)13-4-3-7-22-13/h3-9H,2H2,1H3,(H,19,23)/b17-9-. The zero-order valence-electron chi connectivity index (χ0n) is 12.2. The first-order chi connectivity index (χ1) is 11.2. The van der Waals surface area contributed by atoms with Gasteiger partial charge in [0, 0.05) is 0 Å². The molecule has 8 heteroatoms. The van der Waals surface area contributed by atoms with E-state index in [-0.39, 0.29) is 0 Å². The van der Waals surface area contributed by atoms with Crippen LogP contribution in [-0.4, -0.2) is 27.7 Å². The summed E-state index contributed by atoms with van der Waals surface area (Å²) in [6.07, 6.45) is 3.20. The number of ether oxygens (including phenoxy) is 1. The number of furan rings is 1. The van der Waals surface area contributed by atoms with E-state index in [0.29, 0.717) is 33.7 Å². The Kier molecular flexibility index (Phi) is 4.59. The molecule has 0 amide bonds. The Balaban J connectivity index is 1.91. The molecule has 0 unspecified atom stereocenters. The summed E-state index contributed by atoms with van der Waals surface area (Å²) in [5, 5.41) is 11.7. The van der Waals surface area contributed by atoms with Gasteiger partial charge in [0.15, 0.2) is 5.76 Å². The van der Waals surface area contributed by atoms with E-state index >= 15 is 0 Å². The van der Waals surface area contributed by atoms with Crippen LogP contribution in [0.25, 0.3) is 11.6 Å². The maximum Gasteiger partial charge on any atom is 0.219 e. The first-order valence-electron chi connectivity index (χ1n) is 6.87. The van der Waals surface area contributed by atoms with Gasteiger partial charge in [-0.15, -0.1) is 5.10 Å². The summed E-state index contributed by atoms with van der Waals surface area (Å²) in [5.41, 5.74) is 0.812. The van der Waals surface area contributed by atoms with E-state index < -0.39 is 0 Å². The van der Waals surface area contributed by atoms with Crippen molar-refractivity contribution < 1.29 is 9.15 Å². The van der Waals surface area contributed by atoms with E-state index in [0.717, 1.165) is 5.56 Å². The van der Waals surface area contributed by atoms with Crippen LogP contribution in [0.3, 0.4) is 0 Å². The first kappa shape index (κ1) is 15.5. The van der Waals surface area contributed by atoms with Crippen molar-refractivity contribution in [1.29, 1.82) is 0 Å². The highest BCUT2D eigenvalue weighted by Crippen LogP contribution is 2.25. The predicted octanol–water partition coefficient (Wildman–Crippen LogP) is 4.13. The van der Waals surface area contributed by atoms with Gasteiger partial charge in [-0.1, -0.05) is 11.6 Å². The molecule has 0 bridgehead atoms. The number of nitrogens with one attached hydrogen (secondary N) is 1. The summed E-state index contributed by atoms with van der Waals surface area (Å²) in [7, 11) is 0. The van der Waals surface area contributed by atoms with Crippen molar-refractivity contribution in [2.24, 2.45) is 5.10 Å². The van der Waals surface area contributed by atoms with Crippen LogP contribution in [0.2, 0.25) is 5.02 Å². The van der Waals surface area contributed by atoms with E-state index in [4.69, 9.17) is 33.0 Å². The van der Waals surface area contributed by atoms with Crippen molar-refractivity contribution in [3.63, 3.8) is 0 Å². The number of H-pyrrole nitrogens is 1. The van der Waals surface area contributed by atoms with Crippen molar-refractivity contribution in [1.82, 2.24) is 14.9 Å². The van der Waals surface area contributed by atoms with Gasteiger partial charge in [0.05, 0.1) is 24.1 Å². The van der Waals surface area contributed by atoms with Crippen LogP contribution in [0.5, 0.6) is 5.75 Å². The largest absolute Gasteiger partial charge is 0.492 e. The minimum Gasteiger partial charge on any atom is -0.492 e. The van der Waals surface area contributed by atoms with Crippen molar-refractivity contribution in [3.8, 4) is 17.3 Å². The third-order valence-corrected chi connectivity index (χ3v) is 3.53. The van der Waals surface area contributed by atoms with Gasteiger partial charge in [-0.05, 0) is 55.0 Å². The van der Waals surface area contributed by atoms with E-state index in [1.54, 1.807) is 36.7 Å². The second-order valence-electron chi connectivity index (χ2n) is 4.51. The van der Waals surface area contributed by atoms with E-state index in [1.165, 1.54) is 4.68 Å². The van der Waals surface area contributed by atoms with Crippen LogP contribution in [0.15, 0.2) is 46.1 Å². The number of benzene rings is 1. The molecule has 2 aromatic heterocycles. The predicted molar refractivity (Wildman–Crippen MR) is 90.7 cm³/mol. The van der Waals surface area contributed by atoms with Crippen molar-refractivity contribution >= 4 is 30.0 Å². The second-order valence-corrected chi connectivity index (χ2v) is 5.30. The van der Waals surface area contributed by atoms with Crippen LogP contribution in [0.4, 0.5) is 0 Å². The van der Waals surface area contributed by atoms with Crippen LogP contribution < -0.4 is 4.74 Å². The Hall–Kier alpha value is -2.38. The fraction of sp³-hybridized carbons (Fsp3) is 0.133. The quantitative estimate of drug-likeness (QED) is 0.556. The maximum absolute atomic E-state index is 6.17. The highest BCUT2D eigenvalue weighted by molar-refractivity contribution is 7.71. The molecule has 118 valence electrons. The van der Waals surface area contributed by atoms with Crippen LogP contribution in [0.1, 0.15) is 12.5 Å². The molecule has 3 rings (SSSR count). The van der Waals surface area contributed by atoms with Gasteiger partial charge in [-0.3, -0.25) is 0 Å². The summed E-state index contributed by atoms with van der Waals surface area (Å²) >= 11 is 11.4. The van der Waals surface area contributed by atoms with E-state index in [9.17, 15) is 0 Å². The molecule has 2 heterocycles. The molecule has 0 aliphatic heterocycles. The molecule has 0 spiro atoms. The molecule has 0 aliphatic carbocycles. The van der Waals surface area contributed by atoms with Crippen LogP contribution in [-0.2, 0) is 0 Å². The van der Waals surface area contributed by atoms with Crippen LogP contribution in [0, 0.1) is 4.77 Å². The fourth-order valence-corrected chi connectivity index (χ4v) is 2.38. The number of rotatable bonds is 5. The average Bonchev–Trinajstić information content (AvgIpc) is 3.17. The Labute approximate surface area is 142 Å². The molecule has 1 N–H and O–H groups in total. The lowest BCUT2D eigenvalue weighted by molar-refractivity contribution is 0.340. The minimum absolute atomic E-state index is 0.365. The van der Waals surface area contributed by atoms with Gasteiger partial charge >= 0.3 is 0 Å².